The molecule has 0 aromatic rings. The van der Waals surface area contributed by atoms with Crippen molar-refractivity contribution in [3.05, 3.63) is 60.8 Å². The minimum Gasteiger partial charge on any atom is -0.466 e. The molecule has 1 fully saturated rings. The first-order valence-electron chi connectivity index (χ1n) is 31.1. The molecule has 7 unspecified atom stereocenters. The highest BCUT2D eigenvalue weighted by atomic mass is 16.7. The van der Waals surface area contributed by atoms with Crippen LogP contribution in [-0.2, 0) is 23.8 Å². The van der Waals surface area contributed by atoms with Crippen molar-refractivity contribution in [3.8, 4) is 0 Å². The molecular weight excluding hydrogens is 943 g/mol. The number of amides is 1. The van der Waals surface area contributed by atoms with Crippen LogP contribution in [0.3, 0.4) is 0 Å². The predicted octanol–water partition coefficient (Wildman–Crippen LogP) is 14.6. The molecule has 11 heteroatoms. The number of nitrogens with one attached hydrogen (secondary N) is 1. The second kappa shape index (κ2) is 53.4. The summed E-state index contributed by atoms with van der Waals surface area (Å²) in [4.78, 5) is 25.1. The highest BCUT2D eigenvalue weighted by Gasteiger charge is 2.44. The Morgan fingerprint density at radius 3 is 1.44 bits per heavy atom. The monoisotopic (exact) mass is 1060 g/mol. The second-order valence-corrected chi connectivity index (χ2v) is 21.4. The van der Waals surface area contributed by atoms with Crippen molar-refractivity contribution < 1.29 is 49.3 Å². The summed E-state index contributed by atoms with van der Waals surface area (Å²) in [7, 11) is 0. The number of esters is 1. The first kappa shape index (κ1) is 70.4. The van der Waals surface area contributed by atoms with Crippen molar-refractivity contribution in [1.29, 1.82) is 0 Å². The highest BCUT2D eigenvalue weighted by molar-refractivity contribution is 5.76. The number of ether oxygens (including phenoxy) is 3. The Morgan fingerprint density at radius 2 is 0.947 bits per heavy atom. The number of unbranched alkanes of at least 4 members (excludes halogenated alkanes) is 32. The van der Waals surface area contributed by atoms with Crippen molar-refractivity contribution in [2.45, 2.75) is 314 Å². The molecule has 75 heavy (non-hydrogen) atoms. The molecule has 1 aliphatic rings. The Kier molecular flexibility index (Phi) is 50.1. The molecule has 1 saturated heterocycles. The van der Waals surface area contributed by atoms with Crippen LogP contribution in [-0.4, -0.2) is 100 Å². The largest absolute Gasteiger partial charge is 0.466 e. The summed E-state index contributed by atoms with van der Waals surface area (Å²) >= 11 is 0. The van der Waals surface area contributed by atoms with Gasteiger partial charge in [0.05, 0.1) is 32.0 Å². The lowest BCUT2D eigenvalue weighted by Gasteiger charge is -2.40. The molecule has 1 rings (SSSR count). The third kappa shape index (κ3) is 43.0. The van der Waals surface area contributed by atoms with E-state index < -0.39 is 49.5 Å². The zero-order valence-electron chi connectivity index (χ0n) is 48.0. The molecule has 0 aromatic heterocycles. The summed E-state index contributed by atoms with van der Waals surface area (Å²) in [5, 5.41) is 54.2. The van der Waals surface area contributed by atoms with Crippen LogP contribution in [0, 0.1) is 0 Å². The van der Waals surface area contributed by atoms with Crippen molar-refractivity contribution >= 4 is 11.9 Å². The Morgan fingerprint density at radius 1 is 0.507 bits per heavy atom. The van der Waals surface area contributed by atoms with E-state index >= 15 is 0 Å². The number of aliphatic hydroxyl groups is 5. The van der Waals surface area contributed by atoms with Crippen LogP contribution < -0.4 is 5.32 Å². The molecule has 1 amide bonds. The maximum atomic E-state index is 13.0. The van der Waals surface area contributed by atoms with E-state index in [1.54, 1.807) is 6.08 Å². The van der Waals surface area contributed by atoms with Gasteiger partial charge in [-0.1, -0.05) is 235 Å². The lowest BCUT2D eigenvalue weighted by atomic mass is 9.99. The number of carbonyl (C=O) groups is 2. The van der Waals surface area contributed by atoms with Crippen molar-refractivity contribution in [3.63, 3.8) is 0 Å². The van der Waals surface area contributed by atoms with E-state index in [2.05, 4.69) is 67.8 Å². The molecule has 1 aliphatic heterocycles. The van der Waals surface area contributed by atoms with Gasteiger partial charge in [0.25, 0.3) is 0 Å². The molecule has 0 aromatic carbocycles. The van der Waals surface area contributed by atoms with Gasteiger partial charge in [-0.05, 0) is 83.5 Å². The molecular formula is C64H115NO10. The normalized spacial score (nSPS) is 19.2. The minimum absolute atomic E-state index is 0.0255. The maximum Gasteiger partial charge on any atom is 0.305 e. The smallest absolute Gasteiger partial charge is 0.305 e. The molecule has 11 nitrogen and oxygen atoms in total. The lowest BCUT2D eigenvalue weighted by Crippen LogP contribution is -2.60. The average molecular weight is 1060 g/mol. The van der Waals surface area contributed by atoms with Crippen LogP contribution in [0.1, 0.15) is 271 Å². The van der Waals surface area contributed by atoms with Crippen LogP contribution in [0.15, 0.2) is 60.8 Å². The van der Waals surface area contributed by atoms with E-state index in [0.717, 1.165) is 96.3 Å². The SMILES string of the molecule is CC/C=C/CC/C=C/CC/C=C/C(O)C(COC1OC(CO)C(O)C(O)C1O)NC(=O)CCCCCCCCCCCC/C=C\C=C/CCCCCOC(=O)CCCCCCCCCCCCCCCCCCCC. The first-order chi connectivity index (χ1) is 36.7. The van der Waals surface area contributed by atoms with Crippen LogP contribution in [0.2, 0.25) is 0 Å². The fraction of sp³-hybridized carbons (Fsp3) is 0.812. The topological polar surface area (TPSA) is 175 Å². The molecule has 0 aliphatic carbocycles. The standard InChI is InChI=1S/C64H115NO10/c1-3-5-7-9-11-13-15-16-17-18-23-26-29-32-36-40-44-48-52-60(69)73-53-49-45-41-37-33-30-27-24-21-19-20-22-25-28-31-35-39-43-47-51-59(68)65-56(55-74-64-63(72)62(71)61(70)58(54-66)75-64)57(67)50-46-42-38-34-14-12-10-8-6-4-2/h6,8,14,24,27,30,33-34,46,50,56-58,61-64,66-67,70-72H,3-5,7,9-13,15-23,25-26,28-29,31-32,35-45,47-49,51-55H2,1-2H3,(H,65,68)/b8-6+,27-24-,33-30-,34-14+,50-46+. The quantitative estimate of drug-likeness (QED) is 0.0149. The van der Waals surface area contributed by atoms with Gasteiger partial charge in [-0.2, -0.15) is 0 Å². The minimum atomic E-state index is -1.58. The number of rotatable bonds is 53. The van der Waals surface area contributed by atoms with Gasteiger partial charge in [0.2, 0.25) is 5.91 Å². The van der Waals surface area contributed by atoms with Gasteiger partial charge < -0.3 is 45.1 Å². The molecule has 6 N–H and O–H groups in total. The van der Waals surface area contributed by atoms with E-state index in [9.17, 15) is 35.1 Å². The van der Waals surface area contributed by atoms with Gasteiger partial charge in [0.15, 0.2) is 6.29 Å². The fourth-order valence-corrected chi connectivity index (χ4v) is 9.46. The summed E-state index contributed by atoms with van der Waals surface area (Å²) in [6.45, 7) is 4.15. The summed E-state index contributed by atoms with van der Waals surface area (Å²) in [6, 6.07) is -0.842. The molecule has 0 radical (unpaired) electrons. The second-order valence-electron chi connectivity index (χ2n) is 21.4. The van der Waals surface area contributed by atoms with Crippen molar-refractivity contribution in [2.24, 2.45) is 0 Å². The molecule has 0 bridgehead atoms. The van der Waals surface area contributed by atoms with Crippen molar-refractivity contribution in [1.82, 2.24) is 5.32 Å². The van der Waals surface area contributed by atoms with Gasteiger partial charge in [-0.3, -0.25) is 9.59 Å². The van der Waals surface area contributed by atoms with Crippen molar-refractivity contribution in [2.75, 3.05) is 19.8 Å². The number of aliphatic hydroxyl groups excluding tert-OH is 5. The summed E-state index contributed by atoms with van der Waals surface area (Å²) in [6.07, 6.45) is 59.1. The highest BCUT2D eigenvalue weighted by Crippen LogP contribution is 2.23. The van der Waals surface area contributed by atoms with Crippen LogP contribution in [0.4, 0.5) is 0 Å². The van der Waals surface area contributed by atoms with Gasteiger partial charge in [-0.25, -0.2) is 0 Å². The fourth-order valence-electron chi connectivity index (χ4n) is 9.46. The Labute approximate surface area is 458 Å². The van der Waals surface area contributed by atoms with E-state index in [1.807, 2.05) is 6.08 Å². The van der Waals surface area contributed by atoms with Crippen LogP contribution in [0.5, 0.6) is 0 Å². The number of allylic oxidation sites excluding steroid dienone is 9. The Bertz CT molecular complexity index is 1430. The Hall–Kier alpha value is -2.64. The molecule has 436 valence electrons. The zero-order valence-corrected chi connectivity index (χ0v) is 48.0. The maximum absolute atomic E-state index is 13.0. The van der Waals surface area contributed by atoms with Gasteiger partial charge in [0, 0.05) is 12.8 Å². The first-order valence-corrected chi connectivity index (χ1v) is 31.1. The van der Waals surface area contributed by atoms with Crippen LogP contribution in [0.25, 0.3) is 0 Å². The van der Waals surface area contributed by atoms with E-state index in [1.165, 1.54) is 141 Å². The molecule has 0 spiro atoms. The third-order valence-corrected chi connectivity index (χ3v) is 14.4. The third-order valence-electron chi connectivity index (χ3n) is 14.4. The zero-order chi connectivity index (χ0) is 54.5. The van der Waals surface area contributed by atoms with Gasteiger partial charge in [0.1, 0.15) is 24.4 Å². The summed E-state index contributed by atoms with van der Waals surface area (Å²) in [5.74, 6) is -0.235. The van der Waals surface area contributed by atoms with E-state index in [0.29, 0.717) is 25.9 Å². The predicted molar refractivity (Wildman–Crippen MR) is 310 cm³/mol. The number of hydrogen-bond donors (Lipinski definition) is 6. The van der Waals surface area contributed by atoms with Crippen LogP contribution >= 0.6 is 0 Å². The molecule has 1 heterocycles. The Balaban J connectivity index is 2.04. The molecule has 0 saturated carbocycles. The van der Waals surface area contributed by atoms with Gasteiger partial charge >= 0.3 is 5.97 Å². The number of hydrogen-bond acceptors (Lipinski definition) is 10. The summed E-state index contributed by atoms with van der Waals surface area (Å²) < 4.78 is 16.7. The lowest BCUT2D eigenvalue weighted by molar-refractivity contribution is -0.302. The van der Waals surface area contributed by atoms with Gasteiger partial charge in [-0.15, -0.1) is 0 Å². The molecule has 7 atom stereocenters. The average Bonchev–Trinajstić information content (AvgIpc) is 3.41. The summed E-state index contributed by atoms with van der Waals surface area (Å²) in [5.41, 5.74) is 0. The van der Waals surface area contributed by atoms with E-state index in [-0.39, 0.29) is 18.5 Å². The van der Waals surface area contributed by atoms with E-state index in [4.69, 9.17) is 14.2 Å². The number of carbonyl (C=O) groups excluding carboxylic acids is 2.